The maximum absolute atomic E-state index is 14.6. The number of hydrogen-bond acceptors (Lipinski definition) is 6. The topological polar surface area (TPSA) is 117 Å². The van der Waals surface area contributed by atoms with E-state index in [4.69, 9.17) is 9.47 Å². The molecule has 45 heavy (non-hydrogen) atoms. The lowest BCUT2D eigenvalue weighted by Gasteiger charge is -2.40. The van der Waals surface area contributed by atoms with Gasteiger partial charge >= 0.3 is 0 Å². The zero-order valence-corrected chi connectivity index (χ0v) is 28.6. The number of rotatable bonds is 11. The number of ether oxygens (including phenoxy) is 2. The number of hydrogen-bond donors (Lipinski definition) is 3. The molecule has 10 heteroatoms. The predicted octanol–water partition coefficient (Wildman–Crippen LogP) is 4.71. The number of amides is 3. The molecule has 3 fully saturated rings. The number of likely N-dealkylation sites (tertiary alicyclic amines) is 1. The van der Waals surface area contributed by atoms with Crippen molar-refractivity contribution in [2.75, 3.05) is 18.5 Å². The van der Waals surface area contributed by atoms with Crippen LogP contribution in [0.2, 0.25) is 0 Å². The van der Waals surface area contributed by atoms with Gasteiger partial charge in [-0.25, -0.2) is 0 Å². The van der Waals surface area contributed by atoms with Crippen LogP contribution in [0.15, 0.2) is 54.6 Å². The number of nitrogens with one attached hydrogen (secondary N) is 2. The second-order valence-electron chi connectivity index (χ2n) is 14.5. The fourth-order valence-corrected chi connectivity index (χ4v) is 8.94. The highest BCUT2D eigenvalue weighted by molar-refractivity contribution is 9.09. The van der Waals surface area contributed by atoms with Crippen LogP contribution in [0.25, 0.3) is 0 Å². The quantitative estimate of drug-likeness (QED) is 0.296. The van der Waals surface area contributed by atoms with E-state index in [0.29, 0.717) is 37.3 Å². The van der Waals surface area contributed by atoms with Crippen molar-refractivity contribution < 1.29 is 29.0 Å². The molecule has 3 saturated heterocycles. The number of benzene rings is 2. The van der Waals surface area contributed by atoms with Gasteiger partial charge in [0.05, 0.1) is 37.2 Å². The minimum atomic E-state index is -1.23. The van der Waals surface area contributed by atoms with Gasteiger partial charge in [0.1, 0.15) is 17.4 Å². The molecule has 3 unspecified atom stereocenters. The number of aliphatic hydroxyl groups is 1. The zero-order valence-electron chi connectivity index (χ0n) is 27.0. The van der Waals surface area contributed by atoms with Crippen molar-refractivity contribution >= 4 is 39.3 Å². The van der Waals surface area contributed by atoms with E-state index in [9.17, 15) is 19.5 Å². The molecule has 9 nitrogen and oxygen atoms in total. The van der Waals surface area contributed by atoms with Crippen LogP contribution in [-0.4, -0.2) is 75.1 Å². The molecule has 0 aromatic heterocycles. The Morgan fingerprint density at radius 2 is 1.76 bits per heavy atom. The van der Waals surface area contributed by atoms with Crippen molar-refractivity contribution in [2.45, 2.75) is 95.0 Å². The summed E-state index contributed by atoms with van der Waals surface area (Å²) in [4.78, 5) is 44.3. The number of fused-ring (bicyclic) bond motifs is 1. The van der Waals surface area contributed by atoms with Gasteiger partial charge in [0, 0.05) is 16.1 Å². The fourth-order valence-electron chi connectivity index (χ4n) is 8.00. The third-order valence-electron chi connectivity index (χ3n) is 9.06. The summed E-state index contributed by atoms with van der Waals surface area (Å²) in [7, 11) is 0. The van der Waals surface area contributed by atoms with Crippen molar-refractivity contribution in [2.24, 2.45) is 17.3 Å². The van der Waals surface area contributed by atoms with E-state index in [0.717, 1.165) is 5.56 Å². The number of carbonyl (C=O) groups is 3. The molecule has 2 bridgehead atoms. The van der Waals surface area contributed by atoms with Gasteiger partial charge in [-0.3, -0.25) is 14.4 Å². The van der Waals surface area contributed by atoms with Crippen LogP contribution in [0, 0.1) is 17.3 Å². The van der Waals surface area contributed by atoms with Crippen LogP contribution in [0.4, 0.5) is 5.69 Å². The number of aliphatic hydroxyl groups excluding tert-OH is 1. The monoisotopic (exact) mass is 683 g/mol. The van der Waals surface area contributed by atoms with Crippen LogP contribution in [-0.2, 0) is 25.5 Å². The molecule has 3 aliphatic rings. The Bertz CT molecular complexity index is 1390. The summed E-state index contributed by atoms with van der Waals surface area (Å²) in [6.45, 7) is 12.4. The Kier molecular flexibility index (Phi) is 9.42. The van der Waals surface area contributed by atoms with Gasteiger partial charge in [0.15, 0.2) is 0 Å². The maximum Gasteiger partial charge on any atom is 0.246 e. The summed E-state index contributed by atoms with van der Waals surface area (Å²) in [6, 6.07) is 15.0. The summed E-state index contributed by atoms with van der Waals surface area (Å²) < 4.78 is 12.2. The molecule has 3 N–H and O–H groups in total. The summed E-state index contributed by atoms with van der Waals surface area (Å²) in [6.07, 6.45) is 0.848. The maximum atomic E-state index is 14.6. The Morgan fingerprint density at radius 3 is 2.36 bits per heavy atom. The lowest BCUT2D eigenvalue weighted by atomic mass is 9.70. The smallest absolute Gasteiger partial charge is 0.246 e. The van der Waals surface area contributed by atoms with E-state index in [-0.39, 0.29) is 34.6 Å². The molecule has 2 aromatic rings. The van der Waals surface area contributed by atoms with Gasteiger partial charge in [-0.1, -0.05) is 67.0 Å². The third kappa shape index (κ3) is 6.65. The number of alkyl halides is 1. The first-order valence-corrected chi connectivity index (χ1v) is 16.8. The molecule has 244 valence electrons. The highest BCUT2D eigenvalue weighted by Gasteiger charge is 2.77. The number of halogens is 1. The molecule has 7 atom stereocenters. The van der Waals surface area contributed by atoms with E-state index < -0.39 is 41.2 Å². The van der Waals surface area contributed by atoms with E-state index >= 15 is 0 Å². The predicted molar refractivity (Wildman–Crippen MR) is 176 cm³/mol. The molecule has 2 aromatic carbocycles. The van der Waals surface area contributed by atoms with E-state index in [1.807, 2.05) is 51.1 Å². The molecule has 3 heterocycles. The molecule has 3 aliphatic heterocycles. The second-order valence-corrected chi connectivity index (χ2v) is 15.7. The summed E-state index contributed by atoms with van der Waals surface area (Å²) in [5, 5.41) is 16.9. The van der Waals surface area contributed by atoms with Crippen molar-refractivity contribution in [3.05, 3.63) is 60.2 Å². The van der Waals surface area contributed by atoms with E-state index in [2.05, 4.69) is 47.3 Å². The molecule has 3 amide bonds. The molecule has 5 rings (SSSR count). The largest absolute Gasteiger partial charge is 0.494 e. The van der Waals surface area contributed by atoms with Crippen LogP contribution in [0.5, 0.6) is 5.75 Å². The average molecular weight is 685 g/mol. The van der Waals surface area contributed by atoms with Gasteiger partial charge in [-0.15, -0.1) is 0 Å². The van der Waals surface area contributed by atoms with Crippen molar-refractivity contribution in [3.63, 3.8) is 0 Å². The van der Waals surface area contributed by atoms with Gasteiger partial charge in [-0.05, 0) is 75.3 Å². The van der Waals surface area contributed by atoms with Crippen LogP contribution < -0.4 is 15.4 Å². The number of anilines is 1. The minimum absolute atomic E-state index is 0.0585. The number of nitrogens with zero attached hydrogens (tertiary/aromatic N) is 1. The summed E-state index contributed by atoms with van der Waals surface area (Å²) in [5.74, 6) is -2.04. The van der Waals surface area contributed by atoms with Crippen LogP contribution in [0.1, 0.15) is 59.9 Å². The Labute approximate surface area is 274 Å². The molecule has 0 radical (unpaired) electrons. The molecular weight excluding hydrogens is 638 g/mol. The van der Waals surface area contributed by atoms with Crippen molar-refractivity contribution in [1.29, 1.82) is 0 Å². The van der Waals surface area contributed by atoms with Crippen LogP contribution >= 0.6 is 15.9 Å². The lowest BCUT2D eigenvalue weighted by Crippen LogP contribution is -2.61. The van der Waals surface area contributed by atoms with Crippen LogP contribution in [0.3, 0.4) is 0 Å². The summed E-state index contributed by atoms with van der Waals surface area (Å²) >= 11 is 3.74. The first kappa shape index (κ1) is 33.4. The molecule has 0 saturated carbocycles. The third-order valence-corrected chi connectivity index (χ3v) is 9.91. The normalized spacial score (nSPS) is 28.1. The van der Waals surface area contributed by atoms with Crippen molar-refractivity contribution in [1.82, 2.24) is 10.2 Å². The second kappa shape index (κ2) is 12.7. The SMILES string of the molecule is CCOc1ccc(NC(=O)[C@H]2[C@H]3C(=O)N([C@@H](CO)Cc4ccccc4)C(C(=O)NC(C)(C)CC(C)(C)C)C34CC(Br)[C@@H]2O4)cc1. The number of carbonyl (C=O) groups excluding carboxylic acids is 3. The van der Waals surface area contributed by atoms with Gasteiger partial charge in [0.25, 0.3) is 0 Å². The molecule has 0 aliphatic carbocycles. The minimum Gasteiger partial charge on any atom is -0.494 e. The molecule has 1 spiro atoms. The van der Waals surface area contributed by atoms with E-state index in [1.54, 1.807) is 24.3 Å². The Morgan fingerprint density at radius 1 is 1.09 bits per heavy atom. The van der Waals surface area contributed by atoms with E-state index in [1.165, 1.54) is 4.90 Å². The zero-order chi connectivity index (χ0) is 32.7. The average Bonchev–Trinajstić information content (AvgIpc) is 3.55. The standard InChI is InChI=1S/C35H46BrN3O6/c1-7-44-24-15-13-22(14-16-24)37-30(41)26-27-32(43)39(23(19-40)17-21-11-9-8-10-12-21)29(35(27)18-25(36)28(26)45-35)31(42)38-34(5,6)20-33(2,3)4/h8-16,23,25-29,40H,7,17-20H2,1-6H3,(H,37,41)(H,38,42)/t23-,25?,26+,27+,28+,29?,35?/m1/s1. The Balaban J connectivity index is 1.51. The van der Waals surface area contributed by atoms with Gasteiger partial charge in [0.2, 0.25) is 17.7 Å². The Hall–Kier alpha value is -2.95. The first-order chi connectivity index (χ1) is 21.2. The molecular formula is C35H46BrN3O6. The lowest BCUT2D eigenvalue weighted by molar-refractivity contribution is -0.145. The fraction of sp³-hybridized carbons (Fsp3) is 0.571. The highest BCUT2D eigenvalue weighted by atomic mass is 79.9. The van der Waals surface area contributed by atoms with Gasteiger partial charge in [-0.2, -0.15) is 0 Å². The summed E-state index contributed by atoms with van der Waals surface area (Å²) in [5.41, 5.74) is -0.370. The van der Waals surface area contributed by atoms with Gasteiger partial charge < -0.3 is 30.1 Å². The first-order valence-electron chi connectivity index (χ1n) is 15.8. The van der Waals surface area contributed by atoms with Crippen molar-refractivity contribution in [3.8, 4) is 5.75 Å². The highest BCUT2D eigenvalue weighted by Crippen LogP contribution is 2.60.